The lowest BCUT2D eigenvalue weighted by Crippen LogP contribution is -2.23. The van der Waals surface area contributed by atoms with E-state index in [2.05, 4.69) is 12.2 Å². The second-order valence-electron chi connectivity index (χ2n) is 3.84. The van der Waals surface area contributed by atoms with E-state index < -0.39 is 0 Å². The van der Waals surface area contributed by atoms with Crippen LogP contribution in [0.25, 0.3) is 11.0 Å². The van der Waals surface area contributed by atoms with E-state index in [1.807, 2.05) is 7.05 Å². The van der Waals surface area contributed by atoms with Crippen molar-refractivity contribution >= 4 is 11.0 Å². The number of aromatic hydroxyl groups is 1. The molecular weight excluding hydrogens is 190 g/mol. The Kier molecular flexibility index (Phi) is 2.64. The van der Waals surface area contributed by atoms with Crippen LogP contribution < -0.4 is 5.32 Å². The van der Waals surface area contributed by atoms with E-state index in [0.29, 0.717) is 6.04 Å². The van der Waals surface area contributed by atoms with Crippen LogP contribution in [0.2, 0.25) is 0 Å². The highest BCUT2D eigenvalue weighted by Gasteiger charge is 2.09. The van der Waals surface area contributed by atoms with Gasteiger partial charge in [-0.05, 0) is 44.2 Å². The largest absolute Gasteiger partial charge is 0.508 e. The summed E-state index contributed by atoms with van der Waals surface area (Å²) in [6.45, 7) is 2.11. The molecule has 0 aliphatic rings. The minimum atomic E-state index is 0.280. The molecule has 3 nitrogen and oxygen atoms in total. The van der Waals surface area contributed by atoms with Gasteiger partial charge >= 0.3 is 0 Å². The van der Waals surface area contributed by atoms with Gasteiger partial charge in [-0.25, -0.2) is 0 Å². The van der Waals surface area contributed by atoms with Crippen molar-refractivity contribution in [1.82, 2.24) is 5.32 Å². The van der Waals surface area contributed by atoms with Gasteiger partial charge in [0.15, 0.2) is 0 Å². The van der Waals surface area contributed by atoms with Gasteiger partial charge in [0.2, 0.25) is 0 Å². The number of hydrogen-bond acceptors (Lipinski definition) is 3. The van der Waals surface area contributed by atoms with Gasteiger partial charge < -0.3 is 14.8 Å². The zero-order chi connectivity index (χ0) is 10.8. The Hall–Kier alpha value is -1.48. The van der Waals surface area contributed by atoms with Crippen LogP contribution in [0.1, 0.15) is 12.5 Å². The molecule has 0 bridgehead atoms. The maximum Gasteiger partial charge on any atom is 0.134 e. The van der Waals surface area contributed by atoms with Crippen molar-refractivity contribution in [3.8, 4) is 5.75 Å². The van der Waals surface area contributed by atoms with E-state index in [1.165, 1.54) is 0 Å². The highest BCUT2D eigenvalue weighted by atomic mass is 16.3. The van der Waals surface area contributed by atoms with Crippen LogP contribution in [0, 0.1) is 0 Å². The summed E-state index contributed by atoms with van der Waals surface area (Å²) < 4.78 is 5.41. The molecule has 0 fully saturated rings. The van der Waals surface area contributed by atoms with Gasteiger partial charge in [-0.2, -0.15) is 0 Å². The summed E-state index contributed by atoms with van der Waals surface area (Å²) >= 11 is 0. The molecule has 2 N–H and O–H groups in total. The molecule has 1 aromatic carbocycles. The molecule has 1 aromatic heterocycles. The van der Waals surface area contributed by atoms with Gasteiger partial charge in [0.05, 0.1) is 6.26 Å². The van der Waals surface area contributed by atoms with Crippen molar-refractivity contribution in [3.63, 3.8) is 0 Å². The lowest BCUT2D eigenvalue weighted by atomic mass is 10.1. The Bertz CT molecular complexity index is 462. The number of fused-ring (bicyclic) bond motifs is 1. The smallest absolute Gasteiger partial charge is 0.134 e. The van der Waals surface area contributed by atoms with Crippen molar-refractivity contribution in [3.05, 3.63) is 30.0 Å². The number of likely N-dealkylation sites (N-methyl/N-ethyl adjacent to an activating group) is 1. The van der Waals surface area contributed by atoms with Gasteiger partial charge in [-0.3, -0.25) is 0 Å². The molecule has 15 heavy (non-hydrogen) atoms. The number of furan rings is 1. The summed E-state index contributed by atoms with van der Waals surface area (Å²) in [5, 5.41) is 13.6. The molecule has 2 aromatic rings. The highest BCUT2D eigenvalue weighted by molar-refractivity contribution is 5.82. The first-order valence-electron chi connectivity index (χ1n) is 5.07. The molecule has 1 unspecified atom stereocenters. The molecule has 0 radical (unpaired) electrons. The first kappa shape index (κ1) is 10.1. The molecule has 0 amide bonds. The number of phenolic OH excluding ortho intramolecular Hbond substituents is 1. The van der Waals surface area contributed by atoms with Crippen LogP contribution in [0.4, 0.5) is 0 Å². The molecule has 2 rings (SSSR count). The van der Waals surface area contributed by atoms with Crippen molar-refractivity contribution < 1.29 is 9.52 Å². The van der Waals surface area contributed by atoms with Crippen LogP contribution in [0.3, 0.4) is 0 Å². The van der Waals surface area contributed by atoms with Gasteiger partial charge in [-0.15, -0.1) is 0 Å². The molecule has 80 valence electrons. The standard InChI is InChI=1S/C12H15NO2/c1-8(13-2)5-9-7-15-12-4-3-10(14)6-11(9)12/h3-4,6-8,13-14H,5H2,1-2H3. The predicted octanol–water partition coefficient (Wildman–Crippen LogP) is 2.29. The lowest BCUT2D eigenvalue weighted by molar-refractivity contribution is 0.476. The van der Waals surface area contributed by atoms with Gasteiger partial charge in [-0.1, -0.05) is 0 Å². The fourth-order valence-electron chi connectivity index (χ4n) is 1.66. The quantitative estimate of drug-likeness (QED) is 0.808. The fraction of sp³-hybridized carbons (Fsp3) is 0.333. The first-order chi connectivity index (χ1) is 7.20. The third kappa shape index (κ3) is 1.97. The summed E-state index contributed by atoms with van der Waals surface area (Å²) in [6, 6.07) is 5.57. The molecule has 0 spiro atoms. The lowest BCUT2D eigenvalue weighted by Gasteiger charge is -2.07. The highest BCUT2D eigenvalue weighted by Crippen LogP contribution is 2.25. The molecule has 0 aliphatic carbocycles. The second kappa shape index (κ2) is 3.95. The summed E-state index contributed by atoms with van der Waals surface area (Å²) in [7, 11) is 1.93. The van der Waals surface area contributed by atoms with E-state index in [9.17, 15) is 5.11 Å². The van der Waals surface area contributed by atoms with Gasteiger partial charge in [0.1, 0.15) is 11.3 Å². The molecule has 3 heteroatoms. The number of hydrogen-bond donors (Lipinski definition) is 2. The first-order valence-corrected chi connectivity index (χ1v) is 5.07. The van der Waals surface area contributed by atoms with Crippen LogP contribution in [-0.2, 0) is 6.42 Å². The molecular formula is C12H15NO2. The Labute approximate surface area is 88.7 Å². The number of rotatable bonds is 3. The monoisotopic (exact) mass is 205 g/mol. The average Bonchev–Trinajstić information content (AvgIpc) is 2.61. The van der Waals surface area contributed by atoms with Crippen LogP contribution in [0.15, 0.2) is 28.9 Å². The Balaban J connectivity index is 2.39. The normalized spacial score (nSPS) is 13.2. The third-order valence-corrected chi connectivity index (χ3v) is 2.66. The average molecular weight is 205 g/mol. The Morgan fingerprint density at radius 1 is 1.47 bits per heavy atom. The molecule has 0 saturated heterocycles. The summed E-state index contributed by atoms with van der Waals surface area (Å²) in [5.74, 6) is 0.280. The van der Waals surface area contributed by atoms with Crippen molar-refractivity contribution in [2.45, 2.75) is 19.4 Å². The third-order valence-electron chi connectivity index (χ3n) is 2.66. The molecule has 0 aliphatic heterocycles. The van der Waals surface area contributed by atoms with Gasteiger partial charge in [0, 0.05) is 11.4 Å². The van der Waals surface area contributed by atoms with Crippen molar-refractivity contribution in [2.24, 2.45) is 0 Å². The van der Waals surface area contributed by atoms with E-state index in [1.54, 1.807) is 24.5 Å². The SMILES string of the molecule is CNC(C)Cc1coc2ccc(O)cc12. The minimum Gasteiger partial charge on any atom is -0.508 e. The van der Waals surface area contributed by atoms with Crippen molar-refractivity contribution in [2.75, 3.05) is 7.05 Å². The van der Waals surface area contributed by atoms with E-state index in [-0.39, 0.29) is 5.75 Å². The predicted molar refractivity (Wildman–Crippen MR) is 60.1 cm³/mol. The maximum absolute atomic E-state index is 9.41. The fourth-order valence-corrected chi connectivity index (χ4v) is 1.66. The molecule has 1 atom stereocenters. The Morgan fingerprint density at radius 2 is 2.27 bits per heavy atom. The molecule has 1 heterocycles. The topological polar surface area (TPSA) is 45.4 Å². The number of phenols is 1. The summed E-state index contributed by atoms with van der Waals surface area (Å²) in [4.78, 5) is 0. The van der Waals surface area contributed by atoms with Crippen molar-refractivity contribution in [1.29, 1.82) is 0 Å². The molecule has 0 saturated carbocycles. The minimum absolute atomic E-state index is 0.280. The summed E-state index contributed by atoms with van der Waals surface area (Å²) in [5.41, 5.74) is 1.95. The zero-order valence-electron chi connectivity index (χ0n) is 8.95. The maximum atomic E-state index is 9.41. The number of nitrogens with one attached hydrogen (secondary N) is 1. The number of benzene rings is 1. The second-order valence-corrected chi connectivity index (χ2v) is 3.84. The van der Waals surface area contributed by atoms with Crippen LogP contribution in [0.5, 0.6) is 5.75 Å². The van der Waals surface area contributed by atoms with E-state index >= 15 is 0 Å². The Morgan fingerprint density at radius 3 is 3.00 bits per heavy atom. The van der Waals surface area contributed by atoms with E-state index in [0.717, 1.165) is 23.0 Å². The van der Waals surface area contributed by atoms with Crippen LogP contribution in [-0.4, -0.2) is 18.2 Å². The summed E-state index contributed by atoms with van der Waals surface area (Å²) in [6.07, 6.45) is 2.66. The van der Waals surface area contributed by atoms with Gasteiger partial charge in [0.25, 0.3) is 0 Å². The zero-order valence-corrected chi connectivity index (χ0v) is 8.95. The van der Waals surface area contributed by atoms with E-state index in [4.69, 9.17) is 4.42 Å². The van der Waals surface area contributed by atoms with Crippen LogP contribution >= 0.6 is 0 Å².